The number of para-hydroxylation sites is 4. The summed E-state index contributed by atoms with van der Waals surface area (Å²) in [4.78, 5) is 4.82. The second-order valence-electron chi connectivity index (χ2n) is 19.2. The summed E-state index contributed by atoms with van der Waals surface area (Å²) in [6, 6.07) is 65.7. The van der Waals surface area contributed by atoms with Crippen LogP contribution in [-0.4, -0.2) is 18.0 Å². The molecule has 2 bridgehead atoms. The van der Waals surface area contributed by atoms with Gasteiger partial charge in [0.25, 0.3) is 13.4 Å². The number of fused-ring (bicyclic) bond motifs is 3. The molecule has 9 aromatic carbocycles. The van der Waals surface area contributed by atoms with Crippen LogP contribution in [0.25, 0.3) is 27.5 Å². The van der Waals surface area contributed by atoms with Crippen LogP contribution < -0.4 is 56.8 Å². The zero-order valence-electron chi connectivity index (χ0n) is 36.5. The highest BCUT2D eigenvalue weighted by molar-refractivity contribution is 7.02. The molecule has 0 radical (unpaired) electrons. The Balaban J connectivity index is 1.05. The molecule has 10 aromatic rings. The predicted molar refractivity (Wildman–Crippen MR) is 271 cm³/mol. The summed E-state index contributed by atoms with van der Waals surface area (Å²) in [6.07, 6.45) is 0. The third kappa shape index (κ3) is 4.77. The lowest BCUT2D eigenvalue weighted by atomic mass is 9.30. The Hall–Kier alpha value is -8.09. The minimum atomic E-state index is -0.208. The van der Waals surface area contributed by atoms with Crippen molar-refractivity contribution in [2.24, 2.45) is 0 Å². The van der Waals surface area contributed by atoms with Crippen molar-refractivity contribution in [1.29, 1.82) is 0 Å². The molecule has 0 aliphatic carbocycles. The van der Waals surface area contributed by atoms with E-state index in [0.29, 0.717) is 0 Å². The van der Waals surface area contributed by atoms with Crippen LogP contribution in [0.3, 0.4) is 0 Å². The van der Waals surface area contributed by atoms with Gasteiger partial charge in [-0.3, -0.25) is 0 Å². The lowest BCUT2D eigenvalue weighted by molar-refractivity contribution is 0.463. The van der Waals surface area contributed by atoms with Crippen molar-refractivity contribution in [2.75, 3.05) is 9.80 Å². The van der Waals surface area contributed by atoms with Gasteiger partial charge in [0.15, 0.2) is 0 Å². The molecule has 0 N–H and O–H groups in total. The van der Waals surface area contributed by atoms with E-state index >= 15 is 0 Å². The molecule has 0 saturated heterocycles. The Kier molecular flexibility index (Phi) is 7.03. The van der Waals surface area contributed by atoms with Crippen LogP contribution in [0.5, 0.6) is 34.5 Å². The summed E-state index contributed by atoms with van der Waals surface area (Å²) >= 11 is 0. The molecule has 5 aliphatic heterocycles. The monoisotopic (exact) mass is 847 g/mol. The Labute approximate surface area is 383 Å². The van der Waals surface area contributed by atoms with Gasteiger partial charge in [0.1, 0.15) is 34.5 Å². The molecule has 0 unspecified atom stereocenters. The molecular weight excluding hydrogens is 808 g/mol. The Bertz CT molecular complexity index is 3710. The average molecular weight is 848 g/mol. The largest absolute Gasteiger partial charge is 0.458 e. The number of ether oxygens (including phenoxy) is 3. The zero-order chi connectivity index (χ0) is 43.6. The van der Waals surface area contributed by atoms with Crippen LogP contribution in [0.4, 0.5) is 34.1 Å². The Morgan fingerprint density at radius 2 is 0.833 bits per heavy atom. The van der Waals surface area contributed by atoms with Crippen LogP contribution >= 0.6 is 0 Å². The number of rotatable bonds is 3. The molecule has 310 valence electrons. The van der Waals surface area contributed by atoms with Gasteiger partial charge in [0, 0.05) is 57.0 Å². The maximum atomic E-state index is 7.53. The Morgan fingerprint density at radius 1 is 0.364 bits per heavy atom. The number of nitrogens with zero attached hydrogens (tertiary/aromatic N) is 3. The van der Waals surface area contributed by atoms with Gasteiger partial charge in [0.2, 0.25) is 0 Å². The molecule has 1 aromatic heterocycles. The fraction of sp³-hybridized carbons (Fsp3) is 0.0690. The topological polar surface area (TPSA) is 39.1 Å². The third-order valence-corrected chi connectivity index (χ3v) is 14.6. The van der Waals surface area contributed by atoms with Crippen molar-refractivity contribution in [3.63, 3.8) is 0 Å². The highest BCUT2D eigenvalue weighted by Gasteiger charge is 2.49. The molecule has 6 heterocycles. The third-order valence-electron chi connectivity index (χ3n) is 14.6. The van der Waals surface area contributed by atoms with Crippen LogP contribution in [0.15, 0.2) is 182 Å². The molecule has 15 rings (SSSR count). The minimum absolute atomic E-state index is 0.135. The lowest BCUT2D eigenvalue weighted by Gasteiger charge is -2.44. The van der Waals surface area contributed by atoms with E-state index < -0.39 is 0 Å². The van der Waals surface area contributed by atoms with Crippen molar-refractivity contribution in [3.8, 4) is 40.2 Å². The first kappa shape index (κ1) is 36.3. The summed E-state index contributed by atoms with van der Waals surface area (Å²) in [5.74, 6) is 4.91. The SMILES string of the molecule is CC(C)(C)c1cc2c3c(c1)N(c1ccccc1)c1cccc4c1B3c1cc3c(cc1O2)Oc1cc(-n2c5ccccc5c5ccccc52)cc2c1B3c1c(cccc1N2c1ccccc1)O4. The summed E-state index contributed by atoms with van der Waals surface area (Å²) in [7, 11) is 0. The van der Waals surface area contributed by atoms with E-state index in [4.69, 9.17) is 14.2 Å². The van der Waals surface area contributed by atoms with Crippen molar-refractivity contribution < 1.29 is 14.2 Å². The molecular formula is C58H39B2N3O3. The first-order chi connectivity index (χ1) is 32.4. The molecule has 0 fully saturated rings. The molecule has 66 heavy (non-hydrogen) atoms. The van der Waals surface area contributed by atoms with Gasteiger partial charge in [-0.1, -0.05) is 112 Å². The second-order valence-corrected chi connectivity index (χ2v) is 19.2. The summed E-state index contributed by atoms with van der Waals surface area (Å²) in [6.45, 7) is 6.44. The van der Waals surface area contributed by atoms with E-state index in [0.717, 1.165) is 118 Å². The van der Waals surface area contributed by atoms with Gasteiger partial charge in [-0.15, -0.1) is 0 Å². The molecule has 0 saturated carbocycles. The number of aromatic nitrogens is 1. The van der Waals surface area contributed by atoms with Gasteiger partial charge < -0.3 is 28.6 Å². The van der Waals surface area contributed by atoms with Crippen molar-refractivity contribution in [2.45, 2.75) is 26.2 Å². The smallest absolute Gasteiger partial charge is 0.261 e. The number of hydrogen-bond donors (Lipinski definition) is 0. The van der Waals surface area contributed by atoms with Crippen molar-refractivity contribution in [3.05, 3.63) is 188 Å². The summed E-state index contributed by atoms with van der Waals surface area (Å²) in [5, 5.41) is 2.43. The second kappa shape index (κ2) is 12.8. The zero-order valence-corrected chi connectivity index (χ0v) is 36.5. The van der Waals surface area contributed by atoms with E-state index in [9.17, 15) is 0 Å². The summed E-state index contributed by atoms with van der Waals surface area (Å²) < 4.78 is 24.5. The predicted octanol–water partition coefficient (Wildman–Crippen LogP) is 11.0. The van der Waals surface area contributed by atoms with Crippen LogP contribution in [0.1, 0.15) is 26.3 Å². The number of anilines is 6. The van der Waals surface area contributed by atoms with E-state index in [2.05, 4.69) is 217 Å². The van der Waals surface area contributed by atoms with E-state index in [1.54, 1.807) is 0 Å². The van der Waals surface area contributed by atoms with Crippen molar-refractivity contribution in [1.82, 2.24) is 4.57 Å². The van der Waals surface area contributed by atoms with E-state index in [-0.39, 0.29) is 18.8 Å². The fourth-order valence-corrected chi connectivity index (χ4v) is 11.8. The van der Waals surface area contributed by atoms with Gasteiger partial charge in [0.05, 0.1) is 16.7 Å². The van der Waals surface area contributed by atoms with Crippen molar-refractivity contribution >= 4 is 102 Å². The van der Waals surface area contributed by atoms with Gasteiger partial charge in [-0.25, -0.2) is 0 Å². The minimum Gasteiger partial charge on any atom is -0.458 e. The standard InChI is InChI=1S/C58H39B2N3O3/c1-58(2,3)34-28-46-56-52(29-34)65-50-33-51-41-32-40(50)59(56)54-44(61(46)35-16-6-4-7-17-35)24-14-26-48(54)64-49-27-15-25-45-55(49)60(41)57-47(62(45)36-18-8-5-9-19-36)30-37(31-53(57)66-51)63-42-22-12-10-20-38(42)39-21-11-13-23-43(39)63/h4-33H,1-3H3. The van der Waals surface area contributed by atoms with Crippen LogP contribution in [0, 0.1) is 0 Å². The Morgan fingerprint density at radius 3 is 1.38 bits per heavy atom. The number of hydrogen-bond acceptors (Lipinski definition) is 5. The molecule has 8 heteroatoms. The van der Waals surface area contributed by atoms with E-state index in [1.165, 1.54) is 16.3 Å². The van der Waals surface area contributed by atoms with Gasteiger partial charge in [-0.2, -0.15) is 0 Å². The molecule has 5 aliphatic rings. The number of benzene rings is 9. The van der Waals surface area contributed by atoms with Crippen LogP contribution in [0.2, 0.25) is 0 Å². The average Bonchev–Trinajstić information content (AvgIpc) is 3.67. The summed E-state index contributed by atoms with van der Waals surface area (Å²) in [5.41, 5.74) is 17.6. The van der Waals surface area contributed by atoms with Gasteiger partial charge >= 0.3 is 0 Å². The normalized spacial score (nSPS) is 14.2. The highest BCUT2D eigenvalue weighted by atomic mass is 16.5. The van der Waals surface area contributed by atoms with Crippen LogP contribution in [-0.2, 0) is 5.41 Å². The quantitative estimate of drug-likeness (QED) is 0.166. The fourth-order valence-electron chi connectivity index (χ4n) is 11.8. The maximum Gasteiger partial charge on any atom is 0.261 e. The van der Waals surface area contributed by atoms with Gasteiger partial charge in [-0.05, 0) is 123 Å². The molecule has 0 atom stereocenters. The lowest BCUT2D eigenvalue weighted by Crippen LogP contribution is -2.64. The highest BCUT2D eigenvalue weighted by Crippen LogP contribution is 2.49. The maximum absolute atomic E-state index is 7.53. The molecule has 0 spiro atoms. The first-order valence-electron chi connectivity index (χ1n) is 22.9. The van der Waals surface area contributed by atoms with E-state index in [1.807, 2.05) is 0 Å². The molecule has 0 amide bonds. The first-order valence-corrected chi connectivity index (χ1v) is 22.9. The molecule has 6 nitrogen and oxygen atoms in total.